The summed E-state index contributed by atoms with van der Waals surface area (Å²) in [6.45, 7) is -0.284. The van der Waals surface area contributed by atoms with Crippen molar-refractivity contribution in [2.75, 3.05) is 5.32 Å². The summed E-state index contributed by atoms with van der Waals surface area (Å²) in [6, 6.07) is 5.04. The summed E-state index contributed by atoms with van der Waals surface area (Å²) in [6.07, 6.45) is 1.30. The van der Waals surface area contributed by atoms with E-state index in [4.69, 9.17) is 34.8 Å². The molecule has 0 bridgehead atoms. The topological polar surface area (TPSA) is 51.1 Å². The molecule has 0 saturated heterocycles. The number of anilines is 1. The molecule has 1 aromatic heterocycles. The molecule has 0 aliphatic rings. The van der Waals surface area contributed by atoms with Crippen LogP contribution in [-0.4, -0.2) is 10.5 Å². The highest BCUT2D eigenvalue weighted by Gasteiger charge is 2.09. The SMILES string of the molecule is O=C(Cn1cc(Cl)cc(Cl)c1=O)Nc1ccc(F)c(Cl)c1. The highest BCUT2D eigenvalue weighted by molar-refractivity contribution is 6.34. The van der Waals surface area contributed by atoms with Crippen LogP contribution >= 0.6 is 34.8 Å². The van der Waals surface area contributed by atoms with Gasteiger partial charge < -0.3 is 9.88 Å². The maximum absolute atomic E-state index is 13.0. The zero-order chi connectivity index (χ0) is 15.6. The third-order valence-corrected chi connectivity index (χ3v) is 3.29. The van der Waals surface area contributed by atoms with E-state index in [1.807, 2.05) is 0 Å². The van der Waals surface area contributed by atoms with E-state index in [0.717, 1.165) is 10.6 Å². The molecule has 1 amide bonds. The lowest BCUT2D eigenvalue weighted by Crippen LogP contribution is -2.27. The molecule has 0 unspecified atom stereocenters. The van der Waals surface area contributed by atoms with Crippen molar-refractivity contribution in [1.29, 1.82) is 0 Å². The lowest BCUT2D eigenvalue weighted by molar-refractivity contribution is -0.116. The van der Waals surface area contributed by atoms with Crippen LogP contribution in [0, 0.1) is 5.82 Å². The molecule has 1 aromatic carbocycles. The van der Waals surface area contributed by atoms with Gasteiger partial charge in [0.2, 0.25) is 5.91 Å². The number of rotatable bonds is 3. The van der Waals surface area contributed by atoms with Crippen LogP contribution in [0.4, 0.5) is 10.1 Å². The van der Waals surface area contributed by atoms with Gasteiger partial charge >= 0.3 is 0 Å². The van der Waals surface area contributed by atoms with Crippen molar-refractivity contribution in [2.24, 2.45) is 0 Å². The second kappa shape index (κ2) is 6.47. The number of nitrogens with one attached hydrogen (secondary N) is 1. The zero-order valence-electron chi connectivity index (χ0n) is 10.4. The van der Waals surface area contributed by atoms with Crippen LogP contribution in [0.3, 0.4) is 0 Å². The Morgan fingerprint density at radius 2 is 1.90 bits per heavy atom. The Morgan fingerprint density at radius 3 is 2.57 bits per heavy atom. The first-order chi connectivity index (χ1) is 9.86. The molecule has 1 heterocycles. The van der Waals surface area contributed by atoms with E-state index in [-0.39, 0.29) is 21.6 Å². The van der Waals surface area contributed by atoms with E-state index in [1.54, 1.807) is 0 Å². The van der Waals surface area contributed by atoms with Gasteiger partial charge in [0.25, 0.3) is 5.56 Å². The van der Waals surface area contributed by atoms with Gasteiger partial charge in [-0.1, -0.05) is 34.8 Å². The van der Waals surface area contributed by atoms with Gasteiger partial charge in [-0.15, -0.1) is 0 Å². The molecule has 0 fully saturated rings. The number of hydrogen-bond acceptors (Lipinski definition) is 2. The standard InChI is InChI=1S/C13H8Cl3FN2O2/c14-7-3-10(16)13(21)19(5-7)6-12(20)18-8-1-2-11(17)9(15)4-8/h1-5H,6H2,(H,18,20). The molecule has 0 saturated carbocycles. The number of halogens is 4. The van der Waals surface area contributed by atoms with Gasteiger partial charge in [0.1, 0.15) is 17.4 Å². The molecule has 4 nitrogen and oxygen atoms in total. The van der Waals surface area contributed by atoms with E-state index in [0.29, 0.717) is 5.69 Å². The second-order valence-corrected chi connectivity index (χ2v) is 5.37. The van der Waals surface area contributed by atoms with Gasteiger partial charge in [-0.3, -0.25) is 9.59 Å². The minimum atomic E-state index is -0.590. The molecule has 0 aliphatic heterocycles. The molecule has 0 radical (unpaired) electrons. The molecule has 21 heavy (non-hydrogen) atoms. The van der Waals surface area contributed by atoms with Gasteiger partial charge in [-0.25, -0.2) is 4.39 Å². The quantitative estimate of drug-likeness (QED) is 0.920. The van der Waals surface area contributed by atoms with E-state index >= 15 is 0 Å². The van der Waals surface area contributed by atoms with Crippen LogP contribution in [0.1, 0.15) is 0 Å². The van der Waals surface area contributed by atoms with Crippen molar-refractivity contribution in [1.82, 2.24) is 4.57 Å². The Hall–Kier alpha value is -1.56. The average molecular weight is 350 g/mol. The monoisotopic (exact) mass is 348 g/mol. The smallest absolute Gasteiger partial charge is 0.269 e. The summed E-state index contributed by atoms with van der Waals surface area (Å²) in [5, 5.41) is 2.52. The van der Waals surface area contributed by atoms with E-state index < -0.39 is 17.3 Å². The van der Waals surface area contributed by atoms with Gasteiger partial charge in [0.05, 0.1) is 10.0 Å². The summed E-state index contributed by atoms with van der Waals surface area (Å²) in [5.74, 6) is -1.09. The van der Waals surface area contributed by atoms with Crippen molar-refractivity contribution in [3.63, 3.8) is 0 Å². The van der Waals surface area contributed by atoms with Crippen molar-refractivity contribution in [3.05, 3.63) is 61.7 Å². The molecule has 2 aromatic rings. The molecule has 8 heteroatoms. The Kier molecular flexibility index (Phi) is 4.88. The second-order valence-electron chi connectivity index (χ2n) is 4.12. The summed E-state index contributed by atoms with van der Waals surface area (Å²) in [5.41, 5.74) is -0.221. The molecule has 110 valence electrons. The fourth-order valence-electron chi connectivity index (χ4n) is 1.61. The minimum absolute atomic E-state index is 0.0832. The number of amides is 1. The molecule has 0 aliphatic carbocycles. The van der Waals surface area contributed by atoms with Gasteiger partial charge in [-0.05, 0) is 24.3 Å². The van der Waals surface area contributed by atoms with Crippen LogP contribution in [0.15, 0.2) is 35.3 Å². The number of benzene rings is 1. The maximum atomic E-state index is 13.0. The first-order valence-corrected chi connectivity index (χ1v) is 6.80. The Morgan fingerprint density at radius 1 is 1.19 bits per heavy atom. The number of nitrogens with zero attached hydrogens (tertiary/aromatic N) is 1. The van der Waals surface area contributed by atoms with Crippen LogP contribution in [0.5, 0.6) is 0 Å². The molecular weight excluding hydrogens is 342 g/mol. The largest absolute Gasteiger partial charge is 0.324 e. The Balaban J connectivity index is 2.15. The lowest BCUT2D eigenvalue weighted by Gasteiger charge is -2.08. The Bertz CT molecular complexity index is 762. The molecule has 2 rings (SSSR count). The summed E-state index contributed by atoms with van der Waals surface area (Å²) < 4.78 is 14.1. The van der Waals surface area contributed by atoms with Gasteiger partial charge in [0.15, 0.2) is 0 Å². The Labute approximate surface area is 134 Å². The molecule has 0 spiro atoms. The number of pyridine rings is 1. The van der Waals surface area contributed by atoms with E-state index in [1.165, 1.54) is 24.4 Å². The first kappa shape index (κ1) is 15.8. The zero-order valence-corrected chi connectivity index (χ0v) is 12.6. The third kappa shape index (κ3) is 3.97. The van der Waals surface area contributed by atoms with Crippen LogP contribution < -0.4 is 10.9 Å². The van der Waals surface area contributed by atoms with Crippen LogP contribution in [-0.2, 0) is 11.3 Å². The van der Waals surface area contributed by atoms with E-state index in [9.17, 15) is 14.0 Å². The summed E-state index contributed by atoms with van der Waals surface area (Å²) in [4.78, 5) is 23.6. The summed E-state index contributed by atoms with van der Waals surface area (Å²) >= 11 is 17.1. The number of aromatic nitrogens is 1. The van der Waals surface area contributed by atoms with Gasteiger partial charge in [0, 0.05) is 11.9 Å². The molecular formula is C13H8Cl3FN2O2. The lowest BCUT2D eigenvalue weighted by atomic mass is 10.3. The van der Waals surface area contributed by atoms with Gasteiger partial charge in [-0.2, -0.15) is 0 Å². The van der Waals surface area contributed by atoms with Crippen molar-refractivity contribution < 1.29 is 9.18 Å². The number of carbonyl (C=O) groups excluding carboxylic acids is 1. The normalized spacial score (nSPS) is 10.5. The van der Waals surface area contributed by atoms with E-state index in [2.05, 4.69) is 5.32 Å². The highest BCUT2D eigenvalue weighted by Crippen LogP contribution is 2.19. The fourth-order valence-corrected chi connectivity index (χ4v) is 2.30. The summed E-state index contributed by atoms with van der Waals surface area (Å²) in [7, 11) is 0. The van der Waals surface area contributed by atoms with Crippen molar-refractivity contribution in [2.45, 2.75) is 6.54 Å². The fraction of sp³-hybridized carbons (Fsp3) is 0.0769. The van der Waals surface area contributed by atoms with Crippen LogP contribution in [0.2, 0.25) is 15.1 Å². The number of hydrogen-bond donors (Lipinski definition) is 1. The van der Waals surface area contributed by atoms with Crippen molar-refractivity contribution in [3.8, 4) is 0 Å². The number of carbonyl (C=O) groups is 1. The maximum Gasteiger partial charge on any atom is 0.269 e. The van der Waals surface area contributed by atoms with Crippen molar-refractivity contribution >= 4 is 46.4 Å². The average Bonchev–Trinajstić information content (AvgIpc) is 2.39. The first-order valence-electron chi connectivity index (χ1n) is 5.67. The van der Waals surface area contributed by atoms with Crippen LogP contribution in [0.25, 0.3) is 0 Å². The third-order valence-electron chi connectivity index (χ3n) is 2.53. The molecule has 0 atom stereocenters. The highest BCUT2D eigenvalue weighted by atomic mass is 35.5. The predicted molar refractivity (Wildman–Crippen MR) is 80.8 cm³/mol. The minimum Gasteiger partial charge on any atom is -0.324 e. The molecule has 1 N–H and O–H groups in total. The predicted octanol–water partition coefficient (Wildman–Crippen LogP) is 3.59.